The predicted octanol–water partition coefficient (Wildman–Crippen LogP) is 2.87. The van der Waals surface area contributed by atoms with Crippen LogP contribution in [-0.2, 0) is 4.79 Å². The number of rotatable bonds is 3. The molecule has 124 valence electrons. The molecule has 2 aromatic carbocycles. The summed E-state index contributed by atoms with van der Waals surface area (Å²) in [6.45, 7) is 0.162. The van der Waals surface area contributed by atoms with Crippen molar-refractivity contribution in [3.8, 4) is 28.7 Å². The SMILES string of the molecule is COc1ccc2c(c1)OC(=O)C[C@@H]2c1cc(OC)c2c(c1)OCO2. The van der Waals surface area contributed by atoms with Crippen molar-refractivity contribution in [2.24, 2.45) is 0 Å². The third-order valence-corrected chi connectivity index (χ3v) is 4.27. The monoisotopic (exact) mass is 328 g/mol. The van der Waals surface area contributed by atoms with E-state index in [1.54, 1.807) is 20.3 Å². The summed E-state index contributed by atoms with van der Waals surface area (Å²) in [5, 5.41) is 0. The molecule has 6 nitrogen and oxygen atoms in total. The lowest BCUT2D eigenvalue weighted by Gasteiger charge is -2.25. The molecule has 0 fully saturated rings. The second-order valence-corrected chi connectivity index (χ2v) is 5.59. The van der Waals surface area contributed by atoms with Gasteiger partial charge in [-0.15, -0.1) is 0 Å². The van der Waals surface area contributed by atoms with Crippen LogP contribution in [0.4, 0.5) is 0 Å². The summed E-state index contributed by atoms with van der Waals surface area (Å²) >= 11 is 0. The van der Waals surface area contributed by atoms with E-state index in [1.165, 1.54) is 0 Å². The second kappa shape index (κ2) is 5.63. The topological polar surface area (TPSA) is 63.2 Å². The van der Waals surface area contributed by atoms with E-state index in [4.69, 9.17) is 23.7 Å². The molecule has 0 radical (unpaired) electrons. The summed E-state index contributed by atoms with van der Waals surface area (Å²) in [6.07, 6.45) is 0.252. The quantitative estimate of drug-likeness (QED) is 0.638. The molecule has 1 atom stereocenters. The maximum absolute atomic E-state index is 12.0. The van der Waals surface area contributed by atoms with E-state index in [0.29, 0.717) is 28.7 Å². The summed E-state index contributed by atoms with van der Waals surface area (Å²) in [7, 11) is 3.15. The number of hydrogen-bond acceptors (Lipinski definition) is 6. The number of benzene rings is 2. The number of fused-ring (bicyclic) bond motifs is 2. The fourth-order valence-corrected chi connectivity index (χ4v) is 3.11. The highest BCUT2D eigenvalue weighted by Crippen LogP contribution is 2.47. The number of esters is 1. The van der Waals surface area contributed by atoms with Gasteiger partial charge in [-0.05, 0) is 23.8 Å². The van der Waals surface area contributed by atoms with E-state index < -0.39 is 0 Å². The molecule has 2 aromatic rings. The molecule has 0 N–H and O–H groups in total. The Morgan fingerprint density at radius 2 is 1.92 bits per heavy atom. The van der Waals surface area contributed by atoms with Crippen molar-refractivity contribution in [1.82, 2.24) is 0 Å². The molecule has 0 saturated carbocycles. The Kier molecular flexibility index (Phi) is 3.45. The van der Waals surface area contributed by atoms with Crippen LogP contribution >= 0.6 is 0 Å². The molecule has 0 unspecified atom stereocenters. The molecule has 2 heterocycles. The summed E-state index contributed by atoms with van der Waals surface area (Å²) in [5.41, 5.74) is 1.84. The van der Waals surface area contributed by atoms with Gasteiger partial charge in [-0.3, -0.25) is 4.79 Å². The van der Waals surface area contributed by atoms with Gasteiger partial charge in [0.1, 0.15) is 11.5 Å². The fourth-order valence-electron chi connectivity index (χ4n) is 3.11. The minimum Gasteiger partial charge on any atom is -0.497 e. The smallest absolute Gasteiger partial charge is 0.312 e. The van der Waals surface area contributed by atoms with E-state index in [9.17, 15) is 4.79 Å². The minimum absolute atomic E-state index is 0.143. The van der Waals surface area contributed by atoms with Crippen LogP contribution in [0.2, 0.25) is 0 Å². The van der Waals surface area contributed by atoms with Crippen LogP contribution in [0.25, 0.3) is 0 Å². The maximum atomic E-state index is 12.0. The Labute approximate surface area is 138 Å². The normalized spacial score (nSPS) is 17.9. The van der Waals surface area contributed by atoms with Gasteiger partial charge in [-0.25, -0.2) is 0 Å². The van der Waals surface area contributed by atoms with Crippen molar-refractivity contribution in [2.75, 3.05) is 21.0 Å². The Hall–Kier alpha value is -2.89. The molecule has 0 bridgehead atoms. The average Bonchev–Trinajstić information content (AvgIpc) is 3.08. The van der Waals surface area contributed by atoms with E-state index >= 15 is 0 Å². The first kappa shape index (κ1) is 14.7. The third-order valence-electron chi connectivity index (χ3n) is 4.27. The first-order valence-electron chi connectivity index (χ1n) is 7.55. The van der Waals surface area contributed by atoms with Gasteiger partial charge in [0, 0.05) is 17.5 Å². The van der Waals surface area contributed by atoms with Gasteiger partial charge in [0.2, 0.25) is 12.5 Å². The number of carbonyl (C=O) groups excluding carboxylic acids is 1. The van der Waals surface area contributed by atoms with Crippen molar-refractivity contribution < 1.29 is 28.5 Å². The lowest BCUT2D eigenvalue weighted by molar-refractivity contribution is -0.135. The molecular formula is C18H16O6. The second-order valence-electron chi connectivity index (χ2n) is 5.59. The van der Waals surface area contributed by atoms with Crippen LogP contribution in [0.3, 0.4) is 0 Å². The Bertz CT molecular complexity index is 813. The van der Waals surface area contributed by atoms with E-state index in [0.717, 1.165) is 11.1 Å². The first-order chi connectivity index (χ1) is 11.7. The molecule has 0 aliphatic carbocycles. The van der Waals surface area contributed by atoms with Crippen molar-refractivity contribution in [3.05, 3.63) is 41.5 Å². The molecule has 2 aliphatic heterocycles. The molecule has 6 heteroatoms. The molecule has 0 saturated heterocycles. The minimum atomic E-state index is -0.280. The first-order valence-corrected chi connectivity index (χ1v) is 7.55. The molecule has 0 spiro atoms. The van der Waals surface area contributed by atoms with Crippen LogP contribution < -0.4 is 23.7 Å². The molecule has 24 heavy (non-hydrogen) atoms. The van der Waals surface area contributed by atoms with Gasteiger partial charge < -0.3 is 23.7 Å². The van der Waals surface area contributed by atoms with Crippen molar-refractivity contribution in [2.45, 2.75) is 12.3 Å². The van der Waals surface area contributed by atoms with Crippen molar-refractivity contribution >= 4 is 5.97 Å². The fraction of sp³-hybridized carbons (Fsp3) is 0.278. The zero-order valence-corrected chi connectivity index (χ0v) is 13.3. The van der Waals surface area contributed by atoms with E-state index in [2.05, 4.69) is 0 Å². The molecule has 0 amide bonds. The highest BCUT2D eigenvalue weighted by Gasteiger charge is 2.31. The number of ether oxygens (including phenoxy) is 5. The zero-order valence-electron chi connectivity index (χ0n) is 13.3. The Morgan fingerprint density at radius 1 is 1.04 bits per heavy atom. The molecule has 0 aromatic heterocycles. The van der Waals surface area contributed by atoms with Crippen LogP contribution in [0.5, 0.6) is 28.7 Å². The standard InChI is InChI=1S/C18H16O6/c1-20-11-3-4-12-13(8-17(19)24-14(12)7-11)10-5-15(21-2)18-16(6-10)22-9-23-18/h3-7,13H,8-9H2,1-2H3/t13-/m1/s1. The van der Waals surface area contributed by atoms with Crippen molar-refractivity contribution in [3.63, 3.8) is 0 Å². The number of carbonyl (C=O) groups is 1. The molecular weight excluding hydrogens is 312 g/mol. The maximum Gasteiger partial charge on any atom is 0.312 e. The highest BCUT2D eigenvalue weighted by molar-refractivity contribution is 5.78. The van der Waals surface area contributed by atoms with E-state index in [-0.39, 0.29) is 25.1 Å². The predicted molar refractivity (Wildman–Crippen MR) is 84.2 cm³/mol. The number of hydrogen-bond donors (Lipinski definition) is 0. The van der Waals surface area contributed by atoms with Gasteiger partial charge in [0.15, 0.2) is 11.5 Å². The van der Waals surface area contributed by atoms with Crippen molar-refractivity contribution in [1.29, 1.82) is 0 Å². The number of methoxy groups -OCH3 is 2. The van der Waals surface area contributed by atoms with Crippen LogP contribution in [0.15, 0.2) is 30.3 Å². The van der Waals surface area contributed by atoms with Crippen LogP contribution in [0.1, 0.15) is 23.5 Å². The largest absolute Gasteiger partial charge is 0.497 e. The zero-order chi connectivity index (χ0) is 16.7. The van der Waals surface area contributed by atoms with Gasteiger partial charge in [-0.2, -0.15) is 0 Å². The average molecular weight is 328 g/mol. The van der Waals surface area contributed by atoms with Crippen LogP contribution in [-0.4, -0.2) is 27.0 Å². The molecule has 2 aliphatic rings. The van der Waals surface area contributed by atoms with Gasteiger partial charge >= 0.3 is 5.97 Å². The van der Waals surface area contributed by atoms with Gasteiger partial charge in [-0.1, -0.05) is 6.07 Å². The third kappa shape index (κ3) is 2.31. The van der Waals surface area contributed by atoms with Crippen LogP contribution in [0, 0.1) is 0 Å². The Balaban J connectivity index is 1.82. The lowest BCUT2D eigenvalue weighted by Crippen LogP contribution is -2.21. The summed E-state index contributed by atoms with van der Waals surface area (Å²) in [6, 6.07) is 9.27. The highest BCUT2D eigenvalue weighted by atomic mass is 16.7. The summed E-state index contributed by atoms with van der Waals surface area (Å²) < 4.78 is 26.9. The summed E-state index contributed by atoms with van der Waals surface area (Å²) in [4.78, 5) is 12.0. The van der Waals surface area contributed by atoms with E-state index in [1.807, 2.05) is 24.3 Å². The Morgan fingerprint density at radius 3 is 2.71 bits per heavy atom. The molecule has 4 rings (SSSR count). The van der Waals surface area contributed by atoms with Gasteiger partial charge in [0.05, 0.1) is 20.6 Å². The summed E-state index contributed by atoms with van der Waals surface area (Å²) in [5.74, 6) is 2.55. The lowest BCUT2D eigenvalue weighted by atomic mass is 9.86. The van der Waals surface area contributed by atoms with Gasteiger partial charge in [0.25, 0.3) is 0 Å².